The van der Waals surface area contributed by atoms with Crippen LogP contribution in [0.15, 0.2) is 28.7 Å². The Morgan fingerprint density at radius 3 is 2.50 bits per heavy atom. The van der Waals surface area contributed by atoms with Crippen LogP contribution in [-0.2, 0) is 11.1 Å². The van der Waals surface area contributed by atoms with Crippen molar-refractivity contribution in [3.05, 3.63) is 28.7 Å². The fourth-order valence-electron chi connectivity index (χ4n) is 2.98. The molecule has 0 heterocycles. The molecule has 0 amide bonds. The molecule has 20 heavy (non-hydrogen) atoms. The Kier molecular flexibility index (Phi) is 5.67. The lowest BCUT2D eigenvalue weighted by molar-refractivity contribution is 0.236. The van der Waals surface area contributed by atoms with Crippen LogP contribution < -0.4 is 4.18 Å². The van der Waals surface area contributed by atoms with Gasteiger partial charge in [0.05, 0.1) is 5.25 Å². The highest BCUT2D eigenvalue weighted by atomic mass is 79.9. The first-order valence-electron chi connectivity index (χ1n) is 7.32. The van der Waals surface area contributed by atoms with Gasteiger partial charge in [0.15, 0.2) is 0 Å². The van der Waals surface area contributed by atoms with Gasteiger partial charge in [0.2, 0.25) is 11.1 Å². The van der Waals surface area contributed by atoms with Gasteiger partial charge in [-0.15, -0.1) is 0 Å². The molecule has 4 atom stereocenters. The van der Waals surface area contributed by atoms with E-state index in [1.54, 1.807) is 0 Å². The minimum atomic E-state index is -1.25. The highest BCUT2D eigenvalue weighted by molar-refractivity contribution is 9.10. The third-order valence-corrected chi connectivity index (χ3v) is 6.12. The van der Waals surface area contributed by atoms with E-state index in [0.717, 1.165) is 10.9 Å². The standard InChI is InChI=1S/C16H23BrO2S/c1-11(2)15-9-4-12(3)10-16(15)20(18)19-14-7-5-13(17)6-8-14/h5-8,11-12,15-16H,4,9-10H2,1-3H3. The Labute approximate surface area is 133 Å². The lowest BCUT2D eigenvalue weighted by atomic mass is 9.77. The van der Waals surface area contributed by atoms with E-state index in [1.165, 1.54) is 12.8 Å². The quantitative estimate of drug-likeness (QED) is 0.760. The highest BCUT2D eigenvalue weighted by Gasteiger charge is 2.36. The number of hydrogen-bond acceptors (Lipinski definition) is 2. The molecular weight excluding hydrogens is 336 g/mol. The predicted molar refractivity (Wildman–Crippen MR) is 88.0 cm³/mol. The number of rotatable bonds is 4. The van der Waals surface area contributed by atoms with Crippen molar-refractivity contribution in [3.8, 4) is 5.75 Å². The van der Waals surface area contributed by atoms with Gasteiger partial charge in [-0.05, 0) is 54.9 Å². The molecule has 1 aromatic carbocycles. The highest BCUT2D eigenvalue weighted by Crippen LogP contribution is 2.36. The summed E-state index contributed by atoms with van der Waals surface area (Å²) in [5, 5.41) is 0.155. The molecule has 4 unspecified atom stereocenters. The molecule has 0 radical (unpaired) electrons. The van der Waals surface area contributed by atoms with Crippen molar-refractivity contribution in [2.75, 3.05) is 0 Å². The lowest BCUT2D eigenvalue weighted by Crippen LogP contribution is -2.37. The maximum Gasteiger partial charge on any atom is 0.209 e. The molecule has 4 heteroatoms. The zero-order chi connectivity index (χ0) is 14.7. The summed E-state index contributed by atoms with van der Waals surface area (Å²) < 4.78 is 19.3. The first kappa shape index (κ1) is 16.0. The minimum Gasteiger partial charge on any atom is -0.400 e. The van der Waals surface area contributed by atoms with E-state index in [0.29, 0.717) is 23.5 Å². The average Bonchev–Trinajstić information content (AvgIpc) is 2.41. The normalized spacial score (nSPS) is 28.4. The summed E-state index contributed by atoms with van der Waals surface area (Å²) in [5.41, 5.74) is 0. The topological polar surface area (TPSA) is 26.3 Å². The molecular formula is C16H23BrO2S. The van der Waals surface area contributed by atoms with Crippen LogP contribution in [0.4, 0.5) is 0 Å². The van der Waals surface area contributed by atoms with Crippen LogP contribution in [0.1, 0.15) is 40.0 Å². The van der Waals surface area contributed by atoms with Gasteiger partial charge >= 0.3 is 0 Å². The molecule has 0 bridgehead atoms. The van der Waals surface area contributed by atoms with Crippen molar-refractivity contribution >= 4 is 27.0 Å². The van der Waals surface area contributed by atoms with Gasteiger partial charge in [0.1, 0.15) is 5.75 Å². The predicted octanol–water partition coefficient (Wildman–Crippen LogP) is 4.95. The van der Waals surface area contributed by atoms with Gasteiger partial charge in [0.25, 0.3) is 0 Å². The second-order valence-corrected chi connectivity index (χ2v) is 8.37. The number of halogens is 1. The van der Waals surface area contributed by atoms with E-state index in [1.807, 2.05) is 24.3 Å². The molecule has 0 aliphatic heterocycles. The number of hydrogen-bond donors (Lipinski definition) is 0. The molecule has 1 aliphatic carbocycles. The molecule has 0 N–H and O–H groups in total. The Balaban J connectivity index is 2.07. The van der Waals surface area contributed by atoms with Crippen molar-refractivity contribution in [2.45, 2.75) is 45.3 Å². The van der Waals surface area contributed by atoms with Crippen molar-refractivity contribution in [1.82, 2.24) is 0 Å². The third-order valence-electron chi connectivity index (χ3n) is 4.20. The van der Waals surface area contributed by atoms with Crippen LogP contribution in [0.3, 0.4) is 0 Å². The number of benzene rings is 1. The van der Waals surface area contributed by atoms with Crippen molar-refractivity contribution < 1.29 is 8.39 Å². The first-order chi connectivity index (χ1) is 9.47. The fraction of sp³-hybridized carbons (Fsp3) is 0.625. The zero-order valence-corrected chi connectivity index (χ0v) is 14.7. The van der Waals surface area contributed by atoms with E-state index in [4.69, 9.17) is 4.18 Å². The Morgan fingerprint density at radius 2 is 1.90 bits per heavy atom. The smallest absolute Gasteiger partial charge is 0.209 e. The molecule has 1 fully saturated rings. The van der Waals surface area contributed by atoms with Gasteiger partial charge in [0, 0.05) is 4.47 Å². The molecule has 0 spiro atoms. The Hall–Kier alpha value is -0.350. The summed E-state index contributed by atoms with van der Waals surface area (Å²) in [5.74, 6) is 2.40. The van der Waals surface area contributed by atoms with Crippen molar-refractivity contribution in [1.29, 1.82) is 0 Å². The van der Waals surface area contributed by atoms with Crippen molar-refractivity contribution in [2.24, 2.45) is 17.8 Å². The molecule has 0 aromatic heterocycles. The fourth-order valence-corrected chi connectivity index (χ4v) is 4.89. The maximum absolute atomic E-state index is 12.6. The van der Waals surface area contributed by atoms with E-state index >= 15 is 0 Å². The van der Waals surface area contributed by atoms with E-state index in [-0.39, 0.29) is 5.25 Å². The van der Waals surface area contributed by atoms with E-state index < -0.39 is 11.1 Å². The largest absolute Gasteiger partial charge is 0.400 e. The second kappa shape index (κ2) is 7.08. The molecule has 0 saturated heterocycles. The van der Waals surface area contributed by atoms with Gasteiger partial charge in [-0.3, -0.25) is 0 Å². The zero-order valence-electron chi connectivity index (χ0n) is 12.3. The molecule has 112 valence electrons. The summed E-state index contributed by atoms with van der Waals surface area (Å²) in [6.07, 6.45) is 3.42. The van der Waals surface area contributed by atoms with Crippen molar-refractivity contribution in [3.63, 3.8) is 0 Å². The summed E-state index contributed by atoms with van der Waals surface area (Å²) in [6.45, 7) is 6.70. The van der Waals surface area contributed by atoms with Gasteiger partial charge in [-0.2, -0.15) is 0 Å². The second-order valence-electron chi connectivity index (χ2n) is 6.16. The lowest BCUT2D eigenvalue weighted by Gasteiger charge is -2.35. The monoisotopic (exact) mass is 358 g/mol. The van der Waals surface area contributed by atoms with Gasteiger partial charge in [-0.25, -0.2) is 4.21 Å². The van der Waals surface area contributed by atoms with E-state index in [9.17, 15) is 4.21 Å². The summed E-state index contributed by atoms with van der Waals surface area (Å²) in [4.78, 5) is 0. The third kappa shape index (κ3) is 4.08. The summed E-state index contributed by atoms with van der Waals surface area (Å²) >= 11 is 2.14. The van der Waals surface area contributed by atoms with Crippen LogP contribution in [0.2, 0.25) is 0 Å². The Morgan fingerprint density at radius 1 is 1.25 bits per heavy atom. The average molecular weight is 359 g/mol. The SMILES string of the molecule is CC1CCC(C(C)C)C(S(=O)Oc2ccc(Br)cc2)C1. The van der Waals surface area contributed by atoms with E-state index in [2.05, 4.69) is 36.7 Å². The molecule has 2 nitrogen and oxygen atoms in total. The van der Waals surface area contributed by atoms with Gasteiger partial charge in [-0.1, -0.05) is 43.1 Å². The van der Waals surface area contributed by atoms with Crippen LogP contribution in [-0.4, -0.2) is 9.46 Å². The van der Waals surface area contributed by atoms with Crippen LogP contribution in [0.5, 0.6) is 5.75 Å². The van der Waals surface area contributed by atoms with Crippen LogP contribution in [0.25, 0.3) is 0 Å². The minimum absolute atomic E-state index is 0.155. The summed E-state index contributed by atoms with van der Waals surface area (Å²) in [6, 6.07) is 7.54. The molecule has 2 rings (SSSR count). The summed E-state index contributed by atoms with van der Waals surface area (Å²) in [7, 11) is 0. The molecule has 1 saturated carbocycles. The first-order valence-corrected chi connectivity index (χ1v) is 9.25. The maximum atomic E-state index is 12.6. The van der Waals surface area contributed by atoms with Crippen LogP contribution in [0, 0.1) is 17.8 Å². The molecule has 1 aliphatic rings. The Bertz CT molecular complexity index is 458. The van der Waals surface area contributed by atoms with Gasteiger partial charge < -0.3 is 4.18 Å². The molecule has 1 aromatic rings. The van der Waals surface area contributed by atoms with Crippen LogP contribution >= 0.6 is 15.9 Å².